The molecule has 176 valence electrons. The summed E-state index contributed by atoms with van der Waals surface area (Å²) in [6.45, 7) is 1.23. The van der Waals surface area contributed by atoms with E-state index in [1.807, 2.05) is 48.2 Å². The average molecular weight is 501 g/mol. The number of rotatable bonds is 5. The molecule has 12 heteroatoms. The Morgan fingerprint density at radius 2 is 1.91 bits per heavy atom. The van der Waals surface area contributed by atoms with Gasteiger partial charge >= 0.3 is 12.1 Å². The van der Waals surface area contributed by atoms with Gasteiger partial charge in [-0.25, -0.2) is 4.79 Å². The molecule has 0 radical (unpaired) electrons. The molecule has 4 rings (SSSR count). The molecule has 1 aromatic heterocycles. The summed E-state index contributed by atoms with van der Waals surface area (Å²) in [6.07, 6.45) is -4.03. The molecule has 1 aliphatic rings. The van der Waals surface area contributed by atoms with Crippen molar-refractivity contribution in [1.82, 2.24) is 20.8 Å². The summed E-state index contributed by atoms with van der Waals surface area (Å²) < 4.78 is 31.7. The highest BCUT2D eigenvalue weighted by atomic mass is 35.5. The fraction of sp³-hybridized carbons (Fsp3) is 0.286. The van der Waals surface area contributed by atoms with Crippen molar-refractivity contribution >= 4 is 46.1 Å². The number of aromatic nitrogens is 2. The second-order valence-corrected chi connectivity index (χ2v) is 8.49. The van der Waals surface area contributed by atoms with Gasteiger partial charge in [-0.15, -0.1) is 11.8 Å². The minimum absolute atomic E-state index is 0.160. The Kier molecular flexibility index (Phi) is 8.22. The normalized spacial score (nSPS) is 15.3. The Hall–Kier alpha value is -2.76. The van der Waals surface area contributed by atoms with Crippen LogP contribution in [0.3, 0.4) is 0 Å². The fourth-order valence-electron chi connectivity index (χ4n) is 3.24. The summed E-state index contributed by atoms with van der Waals surface area (Å²) in [6, 6.07) is 13.9. The number of nitrogens with zero attached hydrogens (tertiary/aromatic N) is 1. The number of hydrogen-bond acceptors (Lipinski definition) is 5. The van der Waals surface area contributed by atoms with E-state index in [9.17, 15) is 18.0 Å². The lowest BCUT2D eigenvalue weighted by Gasteiger charge is -2.26. The van der Waals surface area contributed by atoms with E-state index in [4.69, 9.17) is 21.5 Å². The summed E-state index contributed by atoms with van der Waals surface area (Å²) in [5, 5.41) is 22.3. The maximum atomic E-state index is 12.4. The lowest BCUT2D eigenvalue weighted by atomic mass is 10.0. The fourth-order valence-corrected chi connectivity index (χ4v) is 4.73. The van der Waals surface area contributed by atoms with Gasteiger partial charge in [0.2, 0.25) is 0 Å². The Balaban J connectivity index is 0.000000383. The molecule has 33 heavy (non-hydrogen) atoms. The lowest BCUT2D eigenvalue weighted by molar-refractivity contribution is -0.192. The lowest BCUT2D eigenvalue weighted by Crippen LogP contribution is -2.34. The number of aliphatic carboxylic acids is 1. The summed E-state index contributed by atoms with van der Waals surface area (Å²) in [7, 11) is 0. The smallest absolute Gasteiger partial charge is 0.475 e. The van der Waals surface area contributed by atoms with E-state index in [0.29, 0.717) is 18.8 Å². The number of aromatic amines is 1. The molecule has 2 aromatic carbocycles. The van der Waals surface area contributed by atoms with Crippen LogP contribution in [0, 0.1) is 0 Å². The first kappa shape index (κ1) is 24.9. The largest absolute Gasteiger partial charge is 0.490 e. The minimum Gasteiger partial charge on any atom is -0.475 e. The van der Waals surface area contributed by atoms with Crippen molar-refractivity contribution in [1.29, 1.82) is 0 Å². The molecule has 1 atom stereocenters. The first-order chi connectivity index (χ1) is 15.7. The third-order valence-electron chi connectivity index (χ3n) is 4.75. The molecule has 7 nitrogen and oxygen atoms in total. The number of carbonyl (C=O) groups is 2. The molecule has 2 heterocycles. The summed E-state index contributed by atoms with van der Waals surface area (Å²) in [5.74, 6) is -1.88. The standard InChI is InChI=1S/C19H19ClN4OS.C2HF3O2/c20-14-6-3-5-13-15(8-11-26-18(13)14)21-9-10-22-19(25)17-12-4-1-2-7-16(12)23-24-17;3-2(4,5)1(6)7/h1-7,15,21H,8-11H2,(H,22,25)(H,23,24);(H,6,7). The second-order valence-electron chi connectivity index (χ2n) is 6.98. The van der Waals surface area contributed by atoms with Crippen LogP contribution < -0.4 is 10.6 Å². The quantitative estimate of drug-likeness (QED) is 0.387. The summed E-state index contributed by atoms with van der Waals surface area (Å²) >= 11 is 8.11. The van der Waals surface area contributed by atoms with Crippen molar-refractivity contribution in [2.45, 2.75) is 23.5 Å². The van der Waals surface area contributed by atoms with Crippen LogP contribution >= 0.6 is 23.4 Å². The van der Waals surface area contributed by atoms with Crippen molar-refractivity contribution in [3.8, 4) is 0 Å². The molecule has 0 saturated carbocycles. The molecule has 0 fully saturated rings. The molecule has 0 saturated heterocycles. The SMILES string of the molecule is O=C(NCCNC1CCSc2c(Cl)cccc21)c1n[nH]c2ccccc12.O=C(O)C(F)(F)F. The van der Waals surface area contributed by atoms with Gasteiger partial charge in [0.05, 0.1) is 10.5 Å². The van der Waals surface area contributed by atoms with E-state index < -0.39 is 12.1 Å². The molecule has 1 amide bonds. The number of nitrogens with one attached hydrogen (secondary N) is 3. The van der Waals surface area contributed by atoms with Gasteiger partial charge in [0, 0.05) is 29.4 Å². The van der Waals surface area contributed by atoms with Gasteiger partial charge < -0.3 is 15.7 Å². The van der Waals surface area contributed by atoms with E-state index >= 15 is 0 Å². The molecule has 1 unspecified atom stereocenters. The van der Waals surface area contributed by atoms with Crippen molar-refractivity contribution in [2.75, 3.05) is 18.8 Å². The monoisotopic (exact) mass is 500 g/mol. The minimum atomic E-state index is -5.08. The van der Waals surface area contributed by atoms with E-state index in [2.05, 4.69) is 26.9 Å². The van der Waals surface area contributed by atoms with Crippen LogP contribution in [0.25, 0.3) is 10.9 Å². The number of thioether (sulfide) groups is 1. The topological polar surface area (TPSA) is 107 Å². The van der Waals surface area contributed by atoms with Gasteiger partial charge in [0.15, 0.2) is 5.69 Å². The van der Waals surface area contributed by atoms with Gasteiger partial charge in [-0.2, -0.15) is 18.3 Å². The van der Waals surface area contributed by atoms with E-state index in [0.717, 1.165) is 28.1 Å². The highest BCUT2D eigenvalue weighted by Crippen LogP contribution is 2.40. The molecule has 4 N–H and O–H groups in total. The summed E-state index contributed by atoms with van der Waals surface area (Å²) in [5.41, 5.74) is 2.55. The van der Waals surface area contributed by atoms with Crippen LogP contribution in [0.5, 0.6) is 0 Å². The van der Waals surface area contributed by atoms with Gasteiger partial charge in [-0.3, -0.25) is 9.89 Å². The molecular formula is C21H20ClF3N4O3S. The number of H-pyrrole nitrogens is 1. The van der Waals surface area contributed by atoms with Crippen LogP contribution in [0.4, 0.5) is 13.2 Å². The zero-order chi connectivity index (χ0) is 24.0. The Bertz CT molecular complexity index is 1140. The number of carbonyl (C=O) groups excluding carboxylic acids is 1. The molecule has 3 aromatic rings. The zero-order valence-corrected chi connectivity index (χ0v) is 18.7. The molecule has 0 aliphatic carbocycles. The third-order valence-corrected chi connectivity index (χ3v) is 6.37. The van der Waals surface area contributed by atoms with Crippen LogP contribution in [-0.2, 0) is 4.79 Å². The van der Waals surface area contributed by atoms with Gasteiger partial charge in [-0.05, 0) is 29.9 Å². The number of carboxylic acids is 1. The number of halogens is 4. The van der Waals surface area contributed by atoms with Crippen LogP contribution in [0.15, 0.2) is 47.4 Å². The van der Waals surface area contributed by atoms with Crippen LogP contribution in [0.2, 0.25) is 5.02 Å². The molecule has 0 spiro atoms. The first-order valence-corrected chi connectivity index (χ1v) is 11.2. The first-order valence-electron chi connectivity index (χ1n) is 9.84. The number of hydrogen-bond donors (Lipinski definition) is 4. The molecule has 1 aliphatic heterocycles. The highest BCUT2D eigenvalue weighted by Gasteiger charge is 2.38. The van der Waals surface area contributed by atoms with Gasteiger partial charge in [-0.1, -0.05) is 41.9 Å². The average Bonchev–Trinajstić information content (AvgIpc) is 3.21. The Morgan fingerprint density at radius 3 is 2.64 bits per heavy atom. The number of para-hydroxylation sites is 1. The highest BCUT2D eigenvalue weighted by molar-refractivity contribution is 7.99. The maximum Gasteiger partial charge on any atom is 0.490 e. The van der Waals surface area contributed by atoms with Gasteiger partial charge in [0.25, 0.3) is 5.91 Å². The Labute approximate surface area is 196 Å². The van der Waals surface area contributed by atoms with Crippen molar-refractivity contribution in [3.05, 3.63) is 58.7 Å². The molecule has 0 bridgehead atoms. The predicted molar refractivity (Wildman–Crippen MR) is 120 cm³/mol. The number of amides is 1. The van der Waals surface area contributed by atoms with Crippen LogP contribution in [0.1, 0.15) is 28.5 Å². The van der Waals surface area contributed by atoms with E-state index in [1.165, 1.54) is 10.5 Å². The predicted octanol–water partition coefficient (Wildman–Crippen LogP) is 4.41. The van der Waals surface area contributed by atoms with Crippen LogP contribution in [-0.4, -0.2) is 52.2 Å². The Morgan fingerprint density at radius 1 is 1.18 bits per heavy atom. The number of alkyl halides is 3. The summed E-state index contributed by atoms with van der Waals surface area (Å²) in [4.78, 5) is 22.4. The number of fused-ring (bicyclic) bond motifs is 2. The van der Waals surface area contributed by atoms with E-state index in [1.54, 1.807) is 0 Å². The van der Waals surface area contributed by atoms with E-state index in [-0.39, 0.29) is 11.9 Å². The third kappa shape index (κ3) is 6.40. The number of carboxylic acid groups (broad SMARTS) is 1. The van der Waals surface area contributed by atoms with Crippen molar-refractivity contribution in [2.24, 2.45) is 0 Å². The molecular weight excluding hydrogens is 481 g/mol. The second kappa shape index (κ2) is 10.9. The van der Waals surface area contributed by atoms with Crippen molar-refractivity contribution in [3.63, 3.8) is 0 Å². The zero-order valence-electron chi connectivity index (χ0n) is 17.1. The van der Waals surface area contributed by atoms with Gasteiger partial charge in [0.1, 0.15) is 0 Å². The number of benzene rings is 2. The maximum absolute atomic E-state index is 12.4. The van der Waals surface area contributed by atoms with Crippen molar-refractivity contribution < 1.29 is 27.9 Å².